The fraction of sp³-hybridized carbons (Fsp3) is 0.391. The molecule has 2 aromatic carbocycles. The SMILES string of the molecule is CCN1C(=O)CC(C)(C)c2cc(C)c(-c3cc(C(=O)O)ccc3OCC(F)(F)F)cc21. The molecule has 0 saturated heterocycles. The predicted octanol–water partition coefficient (Wildman–Crippen LogP) is 5.34. The lowest BCUT2D eigenvalue weighted by Gasteiger charge is -2.39. The van der Waals surface area contributed by atoms with Crippen molar-refractivity contribution in [1.29, 1.82) is 0 Å². The van der Waals surface area contributed by atoms with Crippen LogP contribution in [-0.4, -0.2) is 36.3 Å². The Bertz CT molecular complexity index is 1040. The number of rotatable bonds is 5. The van der Waals surface area contributed by atoms with Crippen LogP contribution in [0.15, 0.2) is 30.3 Å². The summed E-state index contributed by atoms with van der Waals surface area (Å²) in [6, 6.07) is 7.40. The van der Waals surface area contributed by atoms with Crippen LogP contribution >= 0.6 is 0 Å². The van der Waals surface area contributed by atoms with Crippen LogP contribution in [-0.2, 0) is 10.2 Å². The Morgan fingerprint density at radius 3 is 2.45 bits per heavy atom. The first-order valence-corrected chi connectivity index (χ1v) is 9.87. The molecular formula is C23H24F3NO4. The number of aryl methyl sites for hydroxylation is 1. The highest BCUT2D eigenvalue weighted by molar-refractivity contribution is 5.99. The Labute approximate surface area is 178 Å². The van der Waals surface area contributed by atoms with E-state index < -0.39 is 24.2 Å². The molecule has 0 saturated carbocycles. The molecule has 0 radical (unpaired) electrons. The number of halogens is 3. The quantitative estimate of drug-likeness (QED) is 0.689. The van der Waals surface area contributed by atoms with Crippen molar-refractivity contribution >= 4 is 17.6 Å². The monoisotopic (exact) mass is 435 g/mol. The van der Waals surface area contributed by atoms with Gasteiger partial charge in [0.15, 0.2) is 6.61 Å². The molecule has 1 heterocycles. The van der Waals surface area contributed by atoms with Crippen LogP contribution in [0.2, 0.25) is 0 Å². The number of carboxylic acids is 1. The van der Waals surface area contributed by atoms with Gasteiger partial charge >= 0.3 is 12.1 Å². The minimum Gasteiger partial charge on any atom is -0.483 e. The van der Waals surface area contributed by atoms with Crippen LogP contribution in [0.3, 0.4) is 0 Å². The maximum atomic E-state index is 12.7. The summed E-state index contributed by atoms with van der Waals surface area (Å²) in [5, 5.41) is 9.38. The van der Waals surface area contributed by atoms with Gasteiger partial charge in [-0.15, -0.1) is 0 Å². The van der Waals surface area contributed by atoms with Gasteiger partial charge in [-0.2, -0.15) is 13.2 Å². The van der Waals surface area contributed by atoms with Gasteiger partial charge in [0.1, 0.15) is 5.75 Å². The number of carbonyl (C=O) groups excluding carboxylic acids is 1. The fourth-order valence-electron chi connectivity index (χ4n) is 3.96. The van der Waals surface area contributed by atoms with Gasteiger partial charge in [0.05, 0.1) is 5.56 Å². The number of anilines is 1. The lowest BCUT2D eigenvalue weighted by molar-refractivity contribution is -0.153. The van der Waals surface area contributed by atoms with E-state index in [1.807, 2.05) is 26.8 Å². The molecule has 1 aliphatic rings. The third-order valence-corrected chi connectivity index (χ3v) is 5.48. The Kier molecular flexibility index (Phi) is 5.78. The Morgan fingerprint density at radius 2 is 1.87 bits per heavy atom. The van der Waals surface area contributed by atoms with Gasteiger partial charge in [-0.1, -0.05) is 19.9 Å². The van der Waals surface area contributed by atoms with Gasteiger partial charge in [0.25, 0.3) is 0 Å². The summed E-state index contributed by atoms with van der Waals surface area (Å²) < 4.78 is 43.3. The molecular weight excluding hydrogens is 411 g/mol. The number of hydrogen-bond donors (Lipinski definition) is 1. The summed E-state index contributed by atoms with van der Waals surface area (Å²) in [5.74, 6) is -1.32. The van der Waals surface area contributed by atoms with E-state index in [-0.39, 0.29) is 22.8 Å². The third kappa shape index (κ3) is 4.52. The maximum absolute atomic E-state index is 12.7. The summed E-state index contributed by atoms with van der Waals surface area (Å²) in [7, 11) is 0. The smallest absolute Gasteiger partial charge is 0.422 e. The average Bonchev–Trinajstić information content (AvgIpc) is 2.65. The molecule has 3 rings (SSSR count). The normalized spacial score (nSPS) is 15.6. The summed E-state index contributed by atoms with van der Waals surface area (Å²) >= 11 is 0. The van der Waals surface area contributed by atoms with Crippen LogP contribution in [0.1, 0.15) is 48.7 Å². The number of aromatic carboxylic acids is 1. The molecule has 0 aromatic heterocycles. The Hall–Kier alpha value is -3.03. The molecule has 0 spiro atoms. The van der Waals surface area contributed by atoms with Crippen LogP contribution < -0.4 is 9.64 Å². The second-order valence-corrected chi connectivity index (χ2v) is 8.30. The van der Waals surface area contributed by atoms with Crippen LogP contribution in [0, 0.1) is 6.92 Å². The van der Waals surface area contributed by atoms with Crippen molar-refractivity contribution in [3.05, 3.63) is 47.0 Å². The highest BCUT2D eigenvalue weighted by atomic mass is 19.4. The number of hydrogen-bond acceptors (Lipinski definition) is 3. The predicted molar refractivity (Wildman–Crippen MR) is 111 cm³/mol. The molecule has 166 valence electrons. The number of carboxylic acid groups (broad SMARTS) is 1. The topological polar surface area (TPSA) is 66.8 Å². The second kappa shape index (κ2) is 7.90. The summed E-state index contributed by atoms with van der Waals surface area (Å²) in [5.41, 5.74) is 2.65. The molecule has 2 aromatic rings. The van der Waals surface area contributed by atoms with Gasteiger partial charge < -0.3 is 14.7 Å². The van der Waals surface area contributed by atoms with E-state index in [1.54, 1.807) is 17.9 Å². The molecule has 1 aliphatic heterocycles. The van der Waals surface area contributed by atoms with E-state index in [9.17, 15) is 27.9 Å². The number of fused-ring (bicyclic) bond motifs is 1. The van der Waals surface area contributed by atoms with Crippen LogP contribution in [0.4, 0.5) is 18.9 Å². The summed E-state index contributed by atoms with van der Waals surface area (Å²) in [6.45, 7) is 6.54. The first-order chi connectivity index (χ1) is 14.3. The van der Waals surface area contributed by atoms with E-state index in [1.165, 1.54) is 18.2 Å². The van der Waals surface area contributed by atoms with Crippen LogP contribution in [0.5, 0.6) is 5.75 Å². The van der Waals surface area contributed by atoms with Gasteiger partial charge in [0, 0.05) is 29.6 Å². The van der Waals surface area contributed by atoms with Gasteiger partial charge in [-0.05, 0) is 54.8 Å². The minimum atomic E-state index is -4.54. The lowest BCUT2D eigenvalue weighted by atomic mass is 9.75. The number of alkyl halides is 3. The first kappa shape index (κ1) is 22.7. The zero-order valence-electron chi connectivity index (χ0n) is 17.8. The molecule has 5 nitrogen and oxygen atoms in total. The van der Waals surface area contributed by atoms with Crippen molar-refractivity contribution in [2.75, 3.05) is 18.1 Å². The minimum absolute atomic E-state index is 0.0392. The lowest BCUT2D eigenvalue weighted by Crippen LogP contribution is -2.41. The number of carbonyl (C=O) groups is 2. The molecule has 0 bridgehead atoms. The van der Waals surface area contributed by atoms with Crippen molar-refractivity contribution in [1.82, 2.24) is 0 Å². The highest BCUT2D eigenvalue weighted by Crippen LogP contribution is 2.45. The molecule has 1 N–H and O–H groups in total. The third-order valence-electron chi connectivity index (χ3n) is 5.48. The Morgan fingerprint density at radius 1 is 1.19 bits per heavy atom. The molecule has 31 heavy (non-hydrogen) atoms. The first-order valence-electron chi connectivity index (χ1n) is 9.87. The Balaban J connectivity index is 2.22. The van der Waals surface area contributed by atoms with Gasteiger partial charge in [0.2, 0.25) is 5.91 Å². The number of benzene rings is 2. The number of nitrogens with zero attached hydrogens (tertiary/aromatic N) is 1. The average molecular weight is 435 g/mol. The van der Waals surface area contributed by atoms with Gasteiger partial charge in [-0.3, -0.25) is 4.79 Å². The van der Waals surface area contributed by atoms with E-state index in [0.29, 0.717) is 24.2 Å². The van der Waals surface area contributed by atoms with E-state index in [4.69, 9.17) is 4.74 Å². The molecule has 0 unspecified atom stereocenters. The second-order valence-electron chi connectivity index (χ2n) is 8.30. The molecule has 0 aliphatic carbocycles. The number of ether oxygens (including phenoxy) is 1. The largest absolute Gasteiger partial charge is 0.483 e. The molecule has 1 amide bonds. The van der Waals surface area contributed by atoms with E-state index >= 15 is 0 Å². The van der Waals surface area contributed by atoms with E-state index in [0.717, 1.165) is 11.1 Å². The maximum Gasteiger partial charge on any atom is 0.422 e. The van der Waals surface area contributed by atoms with E-state index in [2.05, 4.69) is 0 Å². The summed E-state index contributed by atoms with van der Waals surface area (Å²) in [4.78, 5) is 25.8. The summed E-state index contributed by atoms with van der Waals surface area (Å²) in [6.07, 6.45) is -4.19. The highest BCUT2D eigenvalue weighted by Gasteiger charge is 2.37. The molecule has 8 heteroatoms. The zero-order valence-corrected chi connectivity index (χ0v) is 17.8. The van der Waals surface area contributed by atoms with Crippen LogP contribution in [0.25, 0.3) is 11.1 Å². The van der Waals surface area contributed by atoms with Crippen molar-refractivity contribution in [2.45, 2.75) is 45.7 Å². The number of amides is 1. The van der Waals surface area contributed by atoms with Crippen molar-refractivity contribution < 1.29 is 32.6 Å². The standard InChI is InChI=1S/C23H24F3NO4/c1-5-27-18-10-15(13(2)8-17(18)22(3,4)11-20(27)28)16-9-14(21(29)30)6-7-19(16)31-12-23(24,25)26/h6-10H,5,11-12H2,1-4H3,(H,29,30). The van der Waals surface area contributed by atoms with Gasteiger partial charge in [-0.25, -0.2) is 4.79 Å². The van der Waals surface area contributed by atoms with Crippen molar-refractivity contribution in [3.63, 3.8) is 0 Å². The molecule has 0 atom stereocenters. The van der Waals surface area contributed by atoms with Crippen molar-refractivity contribution in [2.24, 2.45) is 0 Å². The molecule has 0 fully saturated rings. The van der Waals surface area contributed by atoms with Crippen molar-refractivity contribution in [3.8, 4) is 16.9 Å². The fourth-order valence-corrected chi connectivity index (χ4v) is 3.96. The zero-order chi connectivity index (χ0) is 23.1.